The topological polar surface area (TPSA) is 83.1 Å². The first-order valence-electron chi connectivity index (χ1n) is 6.51. The fraction of sp³-hybridized carbons (Fsp3) is 0.214. The summed E-state index contributed by atoms with van der Waals surface area (Å²) in [6, 6.07) is 5.26. The van der Waals surface area contributed by atoms with Crippen molar-refractivity contribution in [1.29, 1.82) is 0 Å². The molecule has 0 unspecified atom stereocenters. The number of fused-ring (bicyclic) bond motifs is 1. The van der Waals surface area contributed by atoms with E-state index in [-0.39, 0.29) is 18.0 Å². The molecular formula is C14H14N4O2S. The minimum atomic E-state index is -0.299. The number of anilines is 2. The highest BCUT2D eigenvalue weighted by molar-refractivity contribution is 7.13. The van der Waals surface area contributed by atoms with Crippen molar-refractivity contribution < 1.29 is 9.59 Å². The molecule has 0 aliphatic carbocycles. The Bertz CT molecular complexity index is 684. The molecule has 2 aromatic rings. The predicted octanol–water partition coefficient (Wildman–Crippen LogP) is 2.52. The van der Waals surface area contributed by atoms with Crippen LogP contribution in [-0.4, -0.2) is 16.9 Å². The summed E-state index contributed by atoms with van der Waals surface area (Å²) in [6.07, 6.45) is 2.02. The third-order valence-electron chi connectivity index (χ3n) is 3.25. The van der Waals surface area contributed by atoms with Gasteiger partial charge in [-0.1, -0.05) is 12.1 Å². The Balaban J connectivity index is 1.65. The van der Waals surface area contributed by atoms with Crippen molar-refractivity contribution in [2.75, 3.05) is 10.6 Å². The molecule has 108 valence electrons. The summed E-state index contributed by atoms with van der Waals surface area (Å²) in [5.41, 5.74) is 2.77. The molecular weight excluding hydrogens is 288 g/mol. The number of nitrogens with zero attached hydrogens (tertiary/aromatic N) is 1. The van der Waals surface area contributed by atoms with Gasteiger partial charge in [-0.3, -0.25) is 10.1 Å². The maximum absolute atomic E-state index is 11.9. The Labute approximate surface area is 125 Å². The monoisotopic (exact) mass is 302 g/mol. The van der Waals surface area contributed by atoms with Gasteiger partial charge in [0.05, 0.1) is 12.5 Å². The zero-order chi connectivity index (χ0) is 14.8. The Morgan fingerprint density at radius 2 is 2.33 bits per heavy atom. The summed E-state index contributed by atoms with van der Waals surface area (Å²) < 4.78 is 0. The number of carbonyl (C=O) groups is 2. The van der Waals surface area contributed by atoms with Crippen LogP contribution in [-0.2, 0) is 11.2 Å². The van der Waals surface area contributed by atoms with E-state index in [4.69, 9.17) is 0 Å². The van der Waals surface area contributed by atoms with Gasteiger partial charge in [0.25, 0.3) is 0 Å². The SMILES string of the molecule is C[C@@H](NC(=O)Nc1nccs1)c1ccc2c(c1)CC(=O)N2. The Hall–Kier alpha value is -2.41. The van der Waals surface area contributed by atoms with Gasteiger partial charge in [0.1, 0.15) is 0 Å². The molecule has 3 amide bonds. The molecule has 0 bridgehead atoms. The number of aromatic nitrogens is 1. The molecule has 1 aromatic carbocycles. The smallest absolute Gasteiger partial charge is 0.321 e. The number of benzene rings is 1. The number of nitrogens with one attached hydrogen (secondary N) is 3. The van der Waals surface area contributed by atoms with Crippen molar-refractivity contribution >= 4 is 34.1 Å². The highest BCUT2D eigenvalue weighted by Gasteiger charge is 2.19. The van der Waals surface area contributed by atoms with Crippen LogP contribution in [0.1, 0.15) is 24.1 Å². The minimum Gasteiger partial charge on any atom is -0.331 e. The molecule has 0 radical (unpaired) electrons. The average molecular weight is 302 g/mol. The summed E-state index contributed by atoms with van der Waals surface area (Å²) in [6.45, 7) is 1.90. The van der Waals surface area contributed by atoms with Crippen LogP contribution >= 0.6 is 11.3 Å². The zero-order valence-electron chi connectivity index (χ0n) is 11.3. The molecule has 1 aliphatic rings. The van der Waals surface area contributed by atoms with Crippen molar-refractivity contribution in [1.82, 2.24) is 10.3 Å². The summed E-state index contributed by atoms with van der Waals surface area (Å²) >= 11 is 1.36. The molecule has 1 aromatic heterocycles. The lowest BCUT2D eigenvalue weighted by Gasteiger charge is -2.15. The lowest BCUT2D eigenvalue weighted by molar-refractivity contribution is -0.115. The number of hydrogen-bond acceptors (Lipinski definition) is 4. The van der Waals surface area contributed by atoms with Crippen molar-refractivity contribution in [3.8, 4) is 0 Å². The van der Waals surface area contributed by atoms with Gasteiger partial charge < -0.3 is 10.6 Å². The Morgan fingerprint density at radius 1 is 1.48 bits per heavy atom. The third-order valence-corrected chi connectivity index (χ3v) is 3.94. The first-order valence-corrected chi connectivity index (χ1v) is 7.39. The number of thiazole rings is 1. The van der Waals surface area contributed by atoms with Crippen LogP contribution in [0.15, 0.2) is 29.8 Å². The summed E-state index contributed by atoms with van der Waals surface area (Å²) in [5.74, 6) is 0.00396. The molecule has 2 heterocycles. The zero-order valence-corrected chi connectivity index (χ0v) is 12.2. The first kappa shape index (κ1) is 13.6. The van der Waals surface area contributed by atoms with Gasteiger partial charge in [0, 0.05) is 17.3 Å². The van der Waals surface area contributed by atoms with E-state index >= 15 is 0 Å². The summed E-state index contributed by atoms with van der Waals surface area (Å²) in [5, 5.41) is 10.7. The quantitative estimate of drug-likeness (QED) is 0.814. The van der Waals surface area contributed by atoms with E-state index in [1.54, 1.807) is 11.6 Å². The van der Waals surface area contributed by atoms with Crippen LogP contribution in [0.25, 0.3) is 0 Å². The fourth-order valence-corrected chi connectivity index (χ4v) is 2.74. The standard InChI is InChI=1S/C14H14N4O2S/c1-8(16-13(20)18-14-15-4-5-21-14)9-2-3-11-10(6-9)7-12(19)17-11/h2-6,8H,7H2,1H3,(H,17,19)(H2,15,16,18,20)/t8-/m1/s1. The summed E-state index contributed by atoms with van der Waals surface area (Å²) in [4.78, 5) is 27.2. The minimum absolute atomic E-state index is 0.00396. The summed E-state index contributed by atoms with van der Waals surface area (Å²) in [7, 11) is 0. The number of rotatable bonds is 3. The molecule has 1 atom stereocenters. The largest absolute Gasteiger partial charge is 0.331 e. The number of hydrogen-bond donors (Lipinski definition) is 3. The highest BCUT2D eigenvalue weighted by atomic mass is 32.1. The molecule has 1 aliphatic heterocycles. The van der Waals surface area contributed by atoms with Gasteiger partial charge >= 0.3 is 6.03 Å². The van der Waals surface area contributed by atoms with E-state index in [0.717, 1.165) is 16.8 Å². The van der Waals surface area contributed by atoms with Gasteiger partial charge in [-0.2, -0.15) is 0 Å². The van der Waals surface area contributed by atoms with Crippen molar-refractivity contribution in [2.24, 2.45) is 0 Å². The van der Waals surface area contributed by atoms with Gasteiger partial charge in [0.2, 0.25) is 5.91 Å². The van der Waals surface area contributed by atoms with Gasteiger partial charge in [0.15, 0.2) is 5.13 Å². The highest BCUT2D eigenvalue weighted by Crippen LogP contribution is 2.26. The van der Waals surface area contributed by atoms with E-state index in [0.29, 0.717) is 11.6 Å². The molecule has 3 rings (SSSR count). The Morgan fingerprint density at radius 3 is 3.10 bits per heavy atom. The van der Waals surface area contributed by atoms with E-state index in [2.05, 4.69) is 20.9 Å². The predicted molar refractivity (Wildman–Crippen MR) is 81.5 cm³/mol. The molecule has 7 heteroatoms. The molecule has 0 spiro atoms. The average Bonchev–Trinajstić information content (AvgIpc) is 3.05. The van der Waals surface area contributed by atoms with Crippen LogP contribution in [0.2, 0.25) is 0 Å². The number of amides is 3. The van der Waals surface area contributed by atoms with Gasteiger partial charge in [-0.25, -0.2) is 9.78 Å². The van der Waals surface area contributed by atoms with Gasteiger partial charge in [-0.15, -0.1) is 11.3 Å². The van der Waals surface area contributed by atoms with Crippen LogP contribution in [0.5, 0.6) is 0 Å². The number of carbonyl (C=O) groups excluding carboxylic acids is 2. The first-order chi connectivity index (χ1) is 10.1. The molecule has 21 heavy (non-hydrogen) atoms. The maximum Gasteiger partial charge on any atom is 0.321 e. The Kier molecular flexibility index (Phi) is 3.57. The third kappa shape index (κ3) is 3.03. The van der Waals surface area contributed by atoms with Crippen LogP contribution in [0.3, 0.4) is 0 Å². The van der Waals surface area contributed by atoms with Crippen LogP contribution in [0.4, 0.5) is 15.6 Å². The second-order valence-corrected chi connectivity index (χ2v) is 5.69. The molecule has 0 saturated carbocycles. The van der Waals surface area contributed by atoms with E-state index in [1.165, 1.54) is 11.3 Å². The fourth-order valence-electron chi connectivity index (χ4n) is 2.22. The van der Waals surface area contributed by atoms with Crippen molar-refractivity contribution in [3.05, 3.63) is 40.9 Å². The normalized spacial score (nSPS) is 14.2. The molecule has 0 fully saturated rings. The molecule has 0 saturated heterocycles. The lowest BCUT2D eigenvalue weighted by atomic mass is 10.0. The second kappa shape index (κ2) is 5.53. The number of urea groups is 1. The maximum atomic E-state index is 11.9. The second-order valence-electron chi connectivity index (χ2n) is 4.80. The van der Waals surface area contributed by atoms with E-state index in [9.17, 15) is 9.59 Å². The van der Waals surface area contributed by atoms with Gasteiger partial charge in [-0.05, 0) is 24.1 Å². The van der Waals surface area contributed by atoms with Crippen LogP contribution < -0.4 is 16.0 Å². The van der Waals surface area contributed by atoms with Crippen LogP contribution in [0, 0.1) is 0 Å². The van der Waals surface area contributed by atoms with Crippen molar-refractivity contribution in [2.45, 2.75) is 19.4 Å². The lowest BCUT2D eigenvalue weighted by Crippen LogP contribution is -2.31. The van der Waals surface area contributed by atoms with E-state index in [1.807, 2.05) is 25.1 Å². The molecule has 6 nitrogen and oxygen atoms in total. The van der Waals surface area contributed by atoms with Crippen molar-refractivity contribution in [3.63, 3.8) is 0 Å². The molecule has 3 N–H and O–H groups in total. The van der Waals surface area contributed by atoms with E-state index < -0.39 is 0 Å².